The van der Waals surface area contributed by atoms with E-state index >= 15 is 0 Å². The summed E-state index contributed by atoms with van der Waals surface area (Å²) >= 11 is 0. The summed E-state index contributed by atoms with van der Waals surface area (Å²) in [4.78, 5) is 20.0. The summed E-state index contributed by atoms with van der Waals surface area (Å²) in [6, 6.07) is 7.62. The Balaban J connectivity index is 1.97. The molecular formula is C12H10BN4O6. The van der Waals surface area contributed by atoms with Gasteiger partial charge in [0.05, 0.1) is 9.85 Å². The fourth-order valence-electron chi connectivity index (χ4n) is 1.68. The van der Waals surface area contributed by atoms with E-state index in [1.165, 1.54) is 36.4 Å². The van der Waals surface area contributed by atoms with Crippen LogP contribution in [0.25, 0.3) is 0 Å². The summed E-state index contributed by atoms with van der Waals surface area (Å²) in [7, 11) is 0.946. The Kier molecular flexibility index (Phi) is 4.50. The van der Waals surface area contributed by atoms with Gasteiger partial charge in [0.2, 0.25) is 0 Å². The molecule has 0 atom stereocenters. The Morgan fingerprint density at radius 2 is 1.22 bits per heavy atom. The first kappa shape index (κ1) is 15.9. The lowest BCUT2D eigenvalue weighted by Gasteiger charge is -2.07. The van der Waals surface area contributed by atoms with E-state index in [1.807, 2.05) is 0 Å². The monoisotopic (exact) mass is 317 g/mol. The van der Waals surface area contributed by atoms with Gasteiger partial charge in [-0.15, -0.1) is 0 Å². The van der Waals surface area contributed by atoms with Gasteiger partial charge in [0.1, 0.15) is 22.9 Å². The lowest BCUT2D eigenvalue weighted by molar-refractivity contribution is -0.384. The van der Waals surface area contributed by atoms with Crippen LogP contribution in [0.5, 0.6) is 11.5 Å². The molecule has 0 aliphatic heterocycles. The van der Waals surface area contributed by atoms with Gasteiger partial charge < -0.3 is 20.8 Å². The van der Waals surface area contributed by atoms with Crippen molar-refractivity contribution in [1.29, 1.82) is 0 Å². The van der Waals surface area contributed by atoms with Crippen molar-refractivity contribution in [2.45, 2.75) is 0 Å². The van der Waals surface area contributed by atoms with Crippen molar-refractivity contribution < 1.29 is 19.2 Å². The van der Waals surface area contributed by atoms with Crippen molar-refractivity contribution in [1.82, 2.24) is 0 Å². The molecule has 4 N–H and O–H groups in total. The Labute approximate surface area is 130 Å². The van der Waals surface area contributed by atoms with Crippen LogP contribution in [0.3, 0.4) is 0 Å². The van der Waals surface area contributed by atoms with Crippen LogP contribution in [-0.4, -0.2) is 17.5 Å². The van der Waals surface area contributed by atoms with Gasteiger partial charge in [-0.25, -0.2) is 0 Å². The SMILES string of the molecule is Nc1cc(O[B]Oc2ccc([N+](=O)[O-])c(N)c2)ccc1[N+](=O)[O-]. The maximum Gasteiger partial charge on any atom is 0.658 e. The van der Waals surface area contributed by atoms with E-state index in [2.05, 4.69) is 0 Å². The standard InChI is InChI=1S/C12H10BN4O6/c14-9-5-7(1-3-11(9)16(18)19)22-13-23-8-2-4-12(17(20)21)10(15)6-8/h1-6H,14-15H2. The van der Waals surface area contributed by atoms with Gasteiger partial charge in [0.15, 0.2) is 0 Å². The zero-order chi connectivity index (χ0) is 17.0. The number of hydrogen-bond acceptors (Lipinski definition) is 8. The maximum absolute atomic E-state index is 10.6. The molecule has 0 fully saturated rings. The second-order valence-electron chi connectivity index (χ2n) is 4.29. The quantitative estimate of drug-likeness (QED) is 0.352. The Hall–Kier alpha value is -3.50. The molecule has 10 nitrogen and oxygen atoms in total. The number of hydrogen-bond donors (Lipinski definition) is 2. The second-order valence-corrected chi connectivity index (χ2v) is 4.29. The summed E-state index contributed by atoms with van der Waals surface area (Å²) in [6.07, 6.45) is 0. The molecule has 2 aromatic rings. The second kappa shape index (κ2) is 6.51. The molecule has 0 saturated heterocycles. The lowest BCUT2D eigenvalue weighted by atomic mass is 10.2. The minimum Gasteiger partial charge on any atom is -0.526 e. The fraction of sp³-hybridized carbons (Fsp3) is 0. The lowest BCUT2D eigenvalue weighted by Crippen LogP contribution is -2.11. The van der Waals surface area contributed by atoms with Crippen LogP contribution in [0, 0.1) is 20.2 Å². The van der Waals surface area contributed by atoms with Crippen LogP contribution in [-0.2, 0) is 0 Å². The molecule has 0 saturated carbocycles. The number of nitrogen functional groups attached to an aromatic ring is 2. The number of nitro groups is 2. The summed E-state index contributed by atoms with van der Waals surface area (Å²) in [5.41, 5.74) is 10.4. The molecule has 0 spiro atoms. The summed E-state index contributed by atoms with van der Waals surface area (Å²) in [5, 5.41) is 21.3. The van der Waals surface area contributed by atoms with Gasteiger partial charge in [0.25, 0.3) is 11.4 Å². The highest BCUT2D eigenvalue weighted by Crippen LogP contribution is 2.27. The first-order chi connectivity index (χ1) is 10.9. The number of benzene rings is 2. The number of nitro benzene ring substituents is 2. The Morgan fingerprint density at radius 1 is 0.826 bits per heavy atom. The number of anilines is 2. The molecular weight excluding hydrogens is 307 g/mol. The summed E-state index contributed by atoms with van der Waals surface area (Å²) < 4.78 is 10.2. The molecule has 0 aliphatic carbocycles. The van der Waals surface area contributed by atoms with Gasteiger partial charge in [-0.05, 0) is 12.1 Å². The third kappa shape index (κ3) is 3.78. The minimum absolute atomic E-state index is 0.0551. The summed E-state index contributed by atoms with van der Waals surface area (Å²) in [6.45, 7) is 0. The van der Waals surface area contributed by atoms with E-state index in [1.54, 1.807) is 0 Å². The van der Waals surface area contributed by atoms with Gasteiger partial charge in [-0.2, -0.15) is 0 Å². The first-order valence-electron chi connectivity index (χ1n) is 6.11. The van der Waals surface area contributed by atoms with Crippen molar-refractivity contribution in [3.05, 3.63) is 56.6 Å². The van der Waals surface area contributed by atoms with Gasteiger partial charge >= 0.3 is 7.69 Å². The van der Waals surface area contributed by atoms with Gasteiger partial charge in [-0.3, -0.25) is 20.2 Å². The Bertz CT molecular complexity index is 706. The summed E-state index contributed by atoms with van der Waals surface area (Å²) in [5.74, 6) is 0.450. The van der Waals surface area contributed by atoms with Crippen molar-refractivity contribution in [3.8, 4) is 11.5 Å². The van der Waals surface area contributed by atoms with E-state index < -0.39 is 9.85 Å². The predicted octanol–water partition coefficient (Wildman–Crippen LogP) is 1.66. The number of nitrogens with zero attached hydrogens (tertiary/aromatic N) is 2. The topological polar surface area (TPSA) is 157 Å². The van der Waals surface area contributed by atoms with E-state index in [9.17, 15) is 20.2 Å². The molecule has 2 aromatic carbocycles. The van der Waals surface area contributed by atoms with Crippen LogP contribution in [0.15, 0.2) is 36.4 Å². The number of nitrogens with two attached hydrogens (primary N) is 2. The molecule has 0 heterocycles. The molecule has 0 amide bonds. The molecule has 117 valence electrons. The highest BCUT2D eigenvalue weighted by molar-refractivity contribution is 6.20. The average molecular weight is 317 g/mol. The van der Waals surface area contributed by atoms with Crippen molar-refractivity contribution in [3.63, 3.8) is 0 Å². The fourth-order valence-corrected chi connectivity index (χ4v) is 1.68. The van der Waals surface area contributed by atoms with Gasteiger partial charge in [-0.1, -0.05) is 0 Å². The maximum atomic E-state index is 10.6. The third-order valence-corrected chi connectivity index (χ3v) is 2.76. The van der Waals surface area contributed by atoms with Crippen LogP contribution >= 0.6 is 0 Å². The molecule has 11 heteroatoms. The van der Waals surface area contributed by atoms with Crippen molar-refractivity contribution in [2.75, 3.05) is 11.5 Å². The van der Waals surface area contributed by atoms with Crippen molar-refractivity contribution in [2.24, 2.45) is 0 Å². The highest BCUT2D eigenvalue weighted by Gasteiger charge is 2.14. The van der Waals surface area contributed by atoms with Crippen molar-refractivity contribution >= 4 is 30.4 Å². The van der Waals surface area contributed by atoms with E-state index in [0.29, 0.717) is 0 Å². The molecule has 23 heavy (non-hydrogen) atoms. The zero-order valence-electron chi connectivity index (χ0n) is 11.5. The third-order valence-electron chi connectivity index (χ3n) is 2.76. The average Bonchev–Trinajstić information content (AvgIpc) is 2.46. The molecule has 0 unspecified atom stereocenters. The molecule has 0 bridgehead atoms. The number of rotatable bonds is 6. The zero-order valence-corrected chi connectivity index (χ0v) is 11.5. The molecule has 1 radical (unpaired) electrons. The molecule has 0 aliphatic rings. The van der Waals surface area contributed by atoms with Crippen LogP contribution in [0.4, 0.5) is 22.7 Å². The van der Waals surface area contributed by atoms with Crippen LogP contribution in [0.2, 0.25) is 0 Å². The highest BCUT2D eigenvalue weighted by atomic mass is 16.6. The largest absolute Gasteiger partial charge is 0.658 e. The van der Waals surface area contributed by atoms with Gasteiger partial charge in [0, 0.05) is 24.3 Å². The normalized spacial score (nSPS) is 9.91. The van der Waals surface area contributed by atoms with E-state index in [4.69, 9.17) is 20.8 Å². The first-order valence-corrected chi connectivity index (χ1v) is 6.11. The van der Waals surface area contributed by atoms with Crippen LogP contribution < -0.4 is 20.8 Å². The van der Waals surface area contributed by atoms with E-state index in [0.717, 1.165) is 7.69 Å². The van der Waals surface area contributed by atoms with Crippen LogP contribution in [0.1, 0.15) is 0 Å². The Morgan fingerprint density at radius 3 is 1.52 bits per heavy atom. The minimum atomic E-state index is -0.612. The molecule has 0 aromatic heterocycles. The van der Waals surface area contributed by atoms with E-state index in [-0.39, 0.29) is 34.2 Å². The molecule has 2 rings (SSSR count). The smallest absolute Gasteiger partial charge is 0.526 e. The predicted molar refractivity (Wildman–Crippen MR) is 82.0 cm³/mol.